The average Bonchev–Trinajstić information content (AvgIpc) is 2.84. The summed E-state index contributed by atoms with van der Waals surface area (Å²) in [7, 11) is -2.80. The third-order valence-corrected chi connectivity index (χ3v) is 6.91. The van der Waals surface area contributed by atoms with Crippen LogP contribution < -0.4 is 10.6 Å². The lowest BCUT2D eigenvalue weighted by Gasteiger charge is -2.26. The van der Waals surface area contributed by atoms with Crippen LogP contribution in [0.4, 0.5) is 0 Å². The molecule has 5 nitrogen and oxygen atoms in total. The van der Waals surface area contributed by atoms with Gasteiger partial charge in [0.15, 0.2) is 15.8 Å². The largest absolute Gasteiger partial charge is 0.357 e. The third-order valence-electron chi connectivity index (χ3n) is 5.07. The summed E-state index contributed by atoms with van der Waals surface area (Å²) in [6.07, 6.45) is 7.43. The first kappa shape index (κ1) is 22.0. The van der Waals surface area contributed by atoms with Crippen LogP contribution in [0, 0.1) is 17.8 Å². The maximum Gasteiger partial charge on any atom is 0.191 e. The van der Waals surface area contributed by atoms with Gasteiger partial charge in [-0.05, 0) is 43.9 Å². The van der Waals surface area contributed by atoms with Crippen LogP contribution in [-0.4, -0.2) is 45.5 Å². The monoisotopic (exact) mass is 471 g/mol. The molecule has 142 valence electrons. The predicted octanol–water partition coefficient (Wildman–Crippen LogP) is 2.81. The van der Waals surface area contributed by atoms with Gasteiger partial charge in [-0.15, -0.1) is 24.0 Å². The van der Waals surface area contributed by atoms with E-state index < -0.39 is 9.84 Å². The van der Waals surface area contributed by atoms with E-state index in [0.29, 0.717) is 18.1 Å². The zero-order chi connectivity index (χ0) is 16.7. The molecule has 1 saturated heterocycles. The van der Waals surface area contributed by atoms with Gasteiger partial charge >= 0.3 is 0 Å². The highest BCUT2D eigenvalue weighted by atomic mass is 127. The van der Waals surface area contributed by atoms with Crippen molar-refractivity contribution in [2.45, 2.75) is 52.4 Å². The number of nitrogens with one attached hydrogen (secondary N) is 2. The molecule has 0 spiro atoms. The molecule has 0 aromatic heterocycles. The number of rotatable bonds is 6. The van der Waals surface area contributed by atoms with Crippen molar-refractivity contribution in [1.29, 1.82) is 0 Å². The first-order valence-electron chi connectivity index (χ1n) is 9.21. The fourth-order valence-corrected chi connectivity index (χ4v) is 5.64. The Morgan fingerprint density at radius 1 is 1.17 bits per heavy atom. The SMILES string of the molecule is CCNC(=NCC1CCS(=O)(=O)C1)NCCC1CCCC(C)C1.I. The summed E-state index contributed by atoms with van der Waals surface area (Å²) in [6.45, 7) is 6.80. The zero-order valence-electron chi connectivity index (χ0n) is 15.1. The molecular formula is C17H34IN3O2S. The number of hydrogen-bond acceptors (Lipinski definition) is 3. The van der Waals surface area contributed by atoms with E-state index in [4.69, 9.17) is 0 Å². The van der Waals surface area contributed by atoms with Gasteiger partial charge < -0.3 is 10.6 Å². The Kier molecular flexibility index (Phi) is 9.93. The van der Waals surface area contributed by atoms with Crippen molar-refractivity contribution in [3.63, 3.8) is 0 Å². The zero-order valence-corrected chi connectivity index (χ0v) is 18.2. The summed E-state index contributed by atoms with van der Waals surface area (Å²) in [6, 6.07) is 0. The molecule has 1 heterocycles. The van der Waals surface area contributed by atoms with Crippen molar-refractivity contribution < 1.29 is 8.42 Å². The molecule has 2 fully saturated rings. The summed E-state index contributed by atoms with van der Waals surface area (Å²) in [5.74, 6) is 3.37. The fourth-order valence-electron chi connectivity index (χ4n) is 3.79. The molecule has 0 radical (unpaired) electrons. The first-order valence-corrected chi connectivity index (χ1v) is 11.0. The molecule has 3 atom stereocenters. The second kappa shape index (κ2) is 10.8. The number of guanidine groups is 1. The van der Waals surface area contributed by atoms with Crippen LogP contribution in [0.5, 0.6) is 0 Å². The molecule has 0 aromatic rings. The number of aliphatic imine (C=N–C) groups is 1. The summed E-state index contributed by atoms with van der Waals surface area (Å²) >= 11 is 0. The van der Waals surface area contributed by atoms with E-state index >= 15 is 0 Å². The van der Waals surface area contributed by atoms with Crippen molar-refractivity contribution in [3.05, 3.63) is 0 Å². The Morgan fingerprint density at radius 2 is 1.96 bits per heavy atom. The maximum absolute atomic E-state index is 11.5. The fraction of sp³-hybridized carbons (Fsp3) is 0.941. The lowest BCUT2D eigenvalue weighted by Crippen LogP contribution is -2.38. The van der Waals surface area contributed by atoms with Crippen LogP contribution in [0.3, 0.4) is 0 Å². The van der Waals surface area contributed by atoms with Gasteiger partial charge in [0.25, 0.3) is 0 Å². The van der Waals surface area contributed by atoms with Crippen molar-refractivity contribution in [1.82, 2.24) is 10.6 Å². The highest BCUT2D eigenvalue weighted by Crippen LogP contribution is 2.30. The Morgan fingerprint density at radius 3 is 2.58 bits per heavy atom. The van der Waals surface area contributed by atoms with Crippen LogP contribution in [0.25, 0.3) is 0 Å². The third kappa shape index (κ3) is 7.89. The second-order valence-electron chi connectivity index (χ2n) is 7.34. The van der Waals surface area contributed by atoms with Crippen LogP contribution >= 0.6 is 24.0 Å². The molecule has 7 heteroatoms. The van der Waals surface area contributed by atoms with Crippen molar-refractivity contribution in [2.75, 3.05) is 31.1 Å². The van der Waals surface area contributed by atoms with E-state index in [0.717, 1.165) is 37.3 Å². The topological polar surface area (TPSA) is 70.6 Å². The van der Waals surface area contributed by atoms with Crippen LogP contribution in [0.1, 0.15) is 52.4 Å². The molecule has 24 heavy (non-hydrogen) atoms. The lowest BCUT2D eigenvalue weighted by molar-refractivity contribution is 0.270. The molecule has 1 saturated carbocycles. The normalized spacial score (nSPS) is 29.8. The van der Waals surface area contributed by atoms with E-state index in [1.165, 1.54) is 32.1 Å². The molecular weight excluding hydrogens is 437 g/mol. The van der Waals surface area contributed by atoms with E-state index in [2.05, 4.69) is 29.5 Å². The van der Waals surface area contributed by atoms with Crippen molar-refractivity contribution in [3.8, 4) is 0 Å². The Bertz CT molecular complexity index is 496. The highest BCUT2D eigenvalue weighted by molar-refractivity contribution is 14.0. The van der Waals surface area contributed by atoms with Gasteiger partial charge in [-0.1, -0.05) is 26.2 Å². The smallest absolute Gasteiger partial charge is 0.191 e. The van der Waals surface area contributed by atoms with Gasteiger partial charge in [0, 0.05) is 19.6 Å². The first-order chi connectivity index (χ1) is 11.0. The van der Waals surface area contributed by atoms with Gasteiger partial charge in [0.2, 0.25) is 0 Å². The second-order valence-corrected chi connectivity index (χ2v) is 9.57. The molecule has 1 aliphatic heterocycles. The summed E-state index contributed by atoms with van der Waals surface area (Å²) in [5.41, 5.74) is 0. The minimum atomic E-state index is -2.80. The van der Waals surface area contributed by atoms with Crippen molar-refractivity contribution >= 4 is 39.8 Å². The van der Waals surface area contributed by atoms with E-state index in [-0.39, 0.29) is 29.9 Å². The predicted molar refractivity (Wildman–Crippen MR) is 112 cm³/mol. The maximum atomic E-state index is 11.5. The molecule has 2 aliphatic rings. The minimum absolute atomic E-state index is 0. The molecule has 3 unspecified atom stereocenters. The Hall–Kier alpha value is -0.0500. The van der Waals surface area contributed by atoms with E-state index in [1.807, 2.05) is 0 Å². The van der Waals surface area contributed by atoms with Gasteiger partial charge in [-0.3, -0.25) is 4.99 Å². The van der Waals surface area contributed by atoms with Crippen LogP contribution in [0.2, 0.25) is 0 Å². The number of nitrogens with zero attached hydrogens (tertiary/aromatic N) is 1. The minimum Gasteiger partial charge on any atom is -0.357 e. The van der Waals surface area contributed by atoms with E-state index in [9.17, 15) is 8.42 Å². The summed E-state index contributed by atoms with van der Waals surface area (Å²) in [5, 5.41) is 6.68. The van der Waals surface area contributed by atoms with Crippen LogP contribution in [0.15, 0.2) is 4.99 Å². The number of hydrogen-bond donors (Lipinski definition) is 2. The molecule has 0 amide bonds. The van der Waals surface area contributed by atoms with Crippen LogP contribution in [-0.2, 0) is 9.84 Å². The summed E-state index contributed by atoms with van der Waals surface area (Å²) < 4.78 is 23.0. The highest BCUT2D eigenvalue weighted by Gasteiger charge is 2.27. The Balaban J connectivity index is 0.00000288. The molecule has 2 rings (SSSR count). The standard InChI is InChI=1S/C17H33N3O2S.HI/c1-3-18-17(20-12-16-8-10-23(21,22)13-16)19-9-7-15-6-4-5-14(2)11-15;/h14-16H,3-13H2,1-2H3,(H2,18,19,20);1H. The Labute approximate surface area is 164 Å². The van der Waals surface area contributed by atoms with Gasteiger partial charge in [0.1, 0.15) is 0 Å². The van der Waals surface area contributed by atoms with Gasteiger partial charge in [-0.2, -0.15) is 0 Å². The molecule has 1 aliphatic carbocycles. The number of sulfone groups is 1. The van der Waals surface area contributed by atoms with Gasteiger partial charge in [0.05, 0.1) is 11.5 Å². The van der Waals surface area contributed by atoms with E-state index in [1.54, 1.807) is 0 Å². The van der Waals surface area contributed by atoms with Gasteiger partial charge in [-0.25, -0.2) is 8.42 Å². The quantitative estimate of drug-likeness (QED) is 0.355. The summed E-state index contributed by atoms with van der Waals surface area (Å²) in [4.78, 5) is 4.59. The molecule has 2 N–H and O–H groups in total. The molecule has 0 aromatic carbocycles. The molecule has 0 bridgehead atoms. The average molecular weight is 471 g/mol. The number of halogens is 1. The van der Waals surface area contributed by atoms with Crippen molar-refractivity contribution in [2.24, 2.45) is 22.7 Å². The lowest BCUT2D eigenvalue weighted by atomic mass is 9.81.